The number of aryl methyl sites for hydroxylation is 1. The summed E-state index contributed by atoms with van der Waals surface area (Å²) < 4.78 is 15.4. The van der Waals surface area contributed by atoms with Crippen LogP contribution in [0.1, 0.15) is 29.7 Å². The van der Waals surface area contributed by atoms with Crippen molar-refractivity contribution in [2.45, 2.75) is 39.0 Å². The van der Waals surface area contributed by atoms with E-state index in [2.05, 4.69) is 9.97 Å². The second kappa shape index (κ2) is 14.3. The maximum Gasteiger partial charge on any atom is 0.258 e. The number of carbonyl (C=O) groups excluding carboxylic acids is 1. The maximum absolute atomic E-state index is 13.0. The number of nitrogen functional groups attached to an aromatic ring is 2. The number of anilines is 2. The van der Waals surface area contributed by atoms with Gasteiger partial charge in [-0.1, -0.05) is 17.7 Å². The molecule has 0 radical (unpaired) electrons. The maximum atomic E-state index is 13.0. The van der Waals surface area contributed by atoms with E-state index in [-0.39, 0.29) is 73.5 Å². The fourth-order valence-electron chi connectivity index (χ4n) is 3.99. The first-order valence-corrected chi connectivity index (χ1v) is 12.0. The van der Waals surface area contributed by atoms with Crippen molar-refractivity contribution in [1.82, 2.24) is 14.5 Å². The van der Waals surface area contributed by atoms with E-state index in [9.17, 15) is 15.0 Å². The van der Waals surface area contributed by atoms with Crippen molar-refractivity contribution in [3.05, 3.63) is 34.9 Å². The van der Waals surface area contributed by atoms with Crippen molar-refractivity contribution < 1.29 is 46.6 Å². The number of ether oxygens (including phenoxy) is 2. The predicted molar refractivity (Wildman–Crippen MR) is 133 cm³/mol. The van der Waals surface area contributed by atoms with Gasteiger partial charge >= 0.3 is 0 Å². The Morgan fingerprint density at radius 3 is 2.54 bits per heavy atom. The highest BCUT2D eigenvalue weighted by Gasteiger charge is 2.29. The topological polar surface area (TPSA) is 183 Å². The number of hydrogen-bond acceptors (Lipinski definition) is 10. The standard InChI is InChI=1S/C23H31ClN6O6.ClH/c1-2-29-18(7-6-16(34)19-22(25)28-23(26)21(24)27-19)30(8-10-35-11-9-31)15-4-3-5-17(20(15)29)36-14(12-32)13-33;/h3-5,14,31-33H,2,6-13H2,1H3,(H3-,25,26,28,34);1H. The summed E-state index contributed by atoms with van der Waals surface area (Å²) in [6, 6.07) is 5.50. The average Bonchev–Trinajstić information content (AvgIpc) is 3.18. The summed E-state index contributed by atoms with van der Waals surface area (Å²) in [6.07, 6.45) is -0.383. The van der Waals surface area contributed by atoms with Gasteiger partial charge in [-0.05, 0) is 19.1 Å². The van der Waals surface area contributed by atoms with Crippen LogP contribution in [0.2, 0.25) is 5.15 Å². The van der Waals surface area contributed by atoms with E-state index in [0.717, 1.165) is 16.9 Å². The fourth-order valence-corrected chi connectivity index (χ4v) is 4.12. The van der Waals surface area contributed by atoms with Crippen LogP contribution in [-0.2, 0) is 24.2 Å². The van der Waals surface area contributed by atoms with Gasteiger partial charge in [0.2, 0.25) is 5.52 Å². The molecular weight excluding hydrogens is 527 g/mol. The number of aliphatic hydroxyl groups excluding tert-OH is 3. The zero-order valence-corrected chi connectivity index (χ0v) is 22.0. The third kappa shape index (κ3) is 6.98. The molecule has 0 fully saturated rings. The first-order valence-electron chi connectivity index (χ1n) is 11.6. The van der Waals surface area contributed by atoms with E-state index >= 15 is 0 Å². The molecule has 0 aliphatic rings. The SMILES string of the molecule is CC[n+]1c(CCC(=O)c2nc(Cl)c(N)nc2N)n(CCOCCO)c2cccc(OC(CO)CO)c21.[Cl-]. The molecule has 0 unspecified atom stereocenters. The Kier molecular flexibility index (Phi) is 11.8. The number of hydrogen-bond donors (Lipinski definition) is 5. The van der Waals surface area contributed by atoms with Crippen LogP contribution in [-0.4, -0.2) is 74.8 Å². The number of aromatic nitrogens is 4. The molecule has 12 nitrogen and oxygen atoms in total. The number of benzene rings is 1. The zero-order valence-electron chi connectivity index (χ0n) is 20.4. The Morgan fingerprint density at radius 1 is 1.16 bits per heavy atom. The lowest BCUT2D eigenvalue weighted by atomic mass is 10.1. The van der Waals surface area contributed by atoms with Crippen LogP contribution >= 0.6 is 11.6 Å². The summed E-state index contributed by atoms with van der Waals surface area (Å²) in [4.78, 5) is 20.9. The summed E-state index contributed by atoms with van der Waals surface area (Å²) in [6.45, 7) is 2.75. The van der Waals surface area contributed by atoms with Gasteiger partial charge in [0.15, 0.2) is 33.8 Å². The molecule has 0 aliphatic heterocycles. The third-order valence-corrected chi connectivity index (χ3v) is 5.90. The molecule has 0 aliphatic carbocycles. The molecule has 0 saturated carbocycles. The first kappa shape index (κ1) is 30.5. The molecule has 2 aromatic heterocycles. The number of rotatable bonds is 14. The number of para-hydroxylation sites is 1. The van der Waals surface area contributed by atoms with Crippen molar-refractivity contribution in [2.75, 3.05) is 44.5 Å². The minimum absolute atomic E-state index is 0. The summed E-state index contributed by atoms with van der Waals surface area (Å²) in [5.41, 5.74) is 13.0. The van der Waals surface area contributed by atoms with Gasteiger partial charge in [0.25, 0.3) is 5.82 Å². The number of aliphatic hydroxyl groups is 3. The van der Waals surface area contributed by atoms with Crippen LogP contribution < -0.4 is 33.2 Å². The van der Waals surface area contributed by atoms with Gasteiger partial charge < -0.3 is 48.7 Å². The summed E-state index contributed by atoms with van der Waals surface area (Å²) >= 11 is 5.94. The molecule has 204 valence electrons. The van der Waals surface area contributed by atoms with E-state index < -0.39 is 6.10 Å². The van der Waals surface area contributed by atoms with Crippen LogP contribution in [0.4, 0.5) is 11.6 Å². The molecule has 1 aromatic carbocycles. The number of nitrogens with two attached hydrogens (primary N) is 2. The van der Waals surface area contributed by atoms with E-state index in [0.29, 0.717) is 31.9 Å². The molecule has 0 saturated heterocycles. The molecule has 3 aromatic rings. The molecular formula is C23H32Cl2N6O6. The highest BCUT2D eigenvalue weighted by Crippen LogP contribution is 2.27. The second-order valence-electron chi connectivity index (χ2n) is 7.93. The number of Topliss-reactive ketones (excluding diaryl/α,β-unsaturated/α-hetero) is 1. The largest absolute Gasteiger partial charge is 1.00 e. The number of carbonyl (C=O) groups is 1. The van der Waals surface area contributed by atoms with Crippen molar-refractivity contribution >= 4 is 40.1 Å². The van der Waals surface area contributed by atoms with E-state index in [1.807, 2.05) is 28.2 Å². The Balaban J connectivity index is 0.00000481. The fraction of sp³-hybridized carbons (Fsp3) is 0.478. The van der Waals surface area contributed by atoms with Crippen molar-refractivity contribution in [2.24, 2.45) is 0 Å². The third-order valence-electron chi connectivity index (χ3n) is 5.62. The van der Waals surface area contributed by atoms with Crippen molar-refractivity contribution in [1.29, 1.82) is 0 Å². The molecule has 7 N–H and O–H groups in total. The normalized spacial score (nSPS) is 11.2. The molecule has 2 heterocycles. The average molecular weight is 559 g/mol. The Morgan fingerprint density at radius 2 is 1.89 bits per heavy atom. The minimum atomic E-state index is -0.779. The molecule has 14 heteroatoms. The number of imidazole rings is 1. The van der Waals surface area contributed by atoms with E-state index in [4.69, 9.17) is 37.6 Å². The van der Waals surface area contributed by atoms with Gasteiger partial charge in [-0.3, -0.25) is 4.79 Å². The Bertz CT molecular complexity index is 1200. The molecule has 0 atom stereocenters. The van der Waals surface area contributed by atoms with Crippen LogP contribution in [0.5, 0.6) is 5.75 Å². The lowest BCUT2D eigenvalue weighted by molar-refractivity contribution is -0.676. The van der Waals surface area contributed by atoms with Gasteiger partial charge in [-0.2, -0.15) is 0 Å². The summed E-state index contributed by atoms with van der Waals surface area (Å²) in [5.74, 6) is 0.842. The van der Waals surface area contributed by atoms with Gasteiger partial charge in [-0.25, -0.2) is 19.1 Å². The molecule has 37 heavy (non-hydrogen) atoms. The molecule has 0 amide bonds. The number of nitrogens with zero attached hydrogens (tertiary/aromatic N) is 4. The van der Waals surface area contributed by atoms with Gasteiger partial charge in [0, 0.05) is 6.42 Å². The van der Waals surface area contributed by atoms with Crippen molar-refractivity contribution in [3.63, 3.8) is 0 Å². The first-order chi connectivity index (χ1) is 17.4. The quantitative estimate of drug-likeness (QED) is 0.0781. The van der Waals surface area contributed by atoms with Crippen LogP contribution in [0, 0.1) is 0 Å². The highest BCUT2D eigenvalue weighted by atomic mass is 35.5. The monoisotopic (exact) mass is 558 g/mol. The van der Waals surface area contributed by atoms with Gasteiger partial charge in [-0.15, -0.1) is 0 Å². The summed E-state index contributed by atoms with van der Waals surface area (Å²) in [7, 11) is 0. The van der Waals surface area contributed by atoms with E-state index in [1.165, 1.54) is 0 Å². The minimum Gasteiger partial charge on any atom is -1.00 e. The van der Waals surface area contributed by atoms with Crippen LogP contribution in [0.3, 0.4) is 0 Å². The molecule has 3 rings (SSSR count). The summed E-state index contributed by atoms with van der Waals surface area (Å²) in [5, 5.41) is 28.0. The lowest BCUT2D eigenvalue weighted by Gasteiger charge is -2.14. The number of halogens is 2. The molecule has 0 bridgehead atoms. The van der Waals surface area contributed by atoms with E-state index in [1.54, 1.807) is 6.07 Å². The molecule has 0 spiro atoms. The van der Waals surface area contributed by atoms with Crippen LogP contribution in [0.15, 0.2) is 18.2 Å². The highest BCUT2D eigenvalue weighted by molar-refractivity contribution is 6.31. The van der Waals surface area contributed by atoms with Gasteiger partial charge in [0.1, 0.15) is 18.3 Å². The smallest absolute Gasteiger partial charge is 0.258 e. The van der Waals surface area contributed by atoms with Crippen molar-refractivity contribution in [3.8, 4) is 5.75 Å². The second-order valence-corrected chi connectivity index (χ2v) is 8.29. The van der Waals surface area contributed by atoms with Crippen LogP contribution in [0.25, 0.3) is 11.0 Å². The lowest BCUT2D eigenvalue weighted by Crippen LogP contribution is -3.00. The number of ketones is 1. The predicted octanol–water partition coefficient (Wildman–Crippen LogP) is -2.88. The Hall–Kier alpha value is -2.74. The Labute approximate surface area is 225 Å². The number of fused-ring (bicyclic) bond motifs is 1. The van der Waals surface area contributed by atoms with Gasteiger partial charge in [0.05, 0.1) is 46.0 Å². The zero-order chi connectivity index (χ0) is 26.2.